The Morgan fingerprint density at radius 2 is 2.40 bits per heavy atom. The Hall–Kier alpha value is -1.38. The summed E-state index contributed by atoms with van der Waals surface area (Å²) in [6.07, 6.45) is 2.64. The minimum Gasteiger partial charge on any atom is -0.497 e. The summed E-state index contributed by atoms with van der Waals surface area (Å²) in [6, 6.07) is 7.00. The van der Waals surface area contributed by atoms with E-state index in [0.717, 1.165) is 12.3 Å². The average Bonchev–Trinajstić information content (AvgIpc) is 2.76. The van der Waals surface area contributed by atoms with Crippen molar-refractivity contribution in [2.45, 2.75) is 18.9 Å². The third kappa shape index (κ3) is 1.34. The minimum atomic E-state index is 0.700. The van der Waals surface area contributed by atoms with Gasteiger partial charge in [-0.3, -0.25) is 0 Å². The van der Waals surface area contributed by atoms with Crippen LogP contribution in [-0.4, -0.2) is 26.2 Å². The van der Waals surface area contributed by atoms with E-state index in [2.05, 4.69) is 22.3 Å². The van der Waals surface area contributed by atoms with E-state index in [1.54, 1.807) is 7.11 Å². The summed E-state index contributed by atoms with van der Waals surface area (Å²) >= 11 is 0. The highest BCUT2D eigenvalue weighted by Crippen LogP contribution is 2.37. The van der Waals surface area contributed by atoms with E-state index in [-0.39, 0.29) is 0 Å². The average molecular weight is 204 g/mol. The Bertz CT molecular complexity index is 378. The smallest absolute Gasteiger partial charge is 0.121 e. The number of anilines is 2. The molecule has 0 bridgehead atoms. The molecule has 0 aliphatic carbocycles. The lowest BCUT2D eigenvalue weighted by molar-refractivity contribution is 0.415. The molecule has 80 valence electrons. The molecule has 2 aliphatic heterocycles. The van der Waals surface area contributed by atoms with Crippen LogP contribution >= 0.6 is 0 Å². The van der Waals surface area contributed by atoms with E-state index in [0.29, 0.717) is 6.04 Å². The fourth-order valence-corrected chi connectivity index (χ4v) is 2.63. The van der Waals surface area contributed by atoms with Crippen molar-refractivity contribution in [2.24, 2.45) is 0 Å². The van der Waals surface area contributed by atoms with E-state index in [1.165, 1.54) is 30.8 Å². The zero-order chi connectivity index (χ0) is 10.3. The monoisotopic (exact) mass is 204 g/mol. The molecule has 0 unspecified atom stereocenters. The number of ether oxygens (including phenoxy) is 1. The highest BCUT2D eigenvalue weighted by Gasteiger charge is 2.29. The number of nitrogens with one attached hydrogen (secondary N) is 1. The van der Waals surface area contributed by atoms with Crippen LogP contribution < -0.4 is 15.0 Å². The maximum atomic E-state index is 5.23. The first-order valence-electron chi connectivity index (χ1n) is 5.57. The van der Waals surface area contributed by atoms with E-state index < -0.39 is 0 Å². The lowest BCUT2D eigenvalue weighted by Crippen LogP contribution is -2.39. The van der Waals surface area contributed by atoms with Gasteiger partial charge in [-0.1, -0.05) is 0 Å². The standard InChI is InChI=1S/C12H16N2O/c1-15-10-4-5-12-11(7-10)13-8-9-3-2-6-14(9)12/h4-5,7,9,13H,2-3,6,8H2,1H3/t9-/m0/s1. The topological polar surface area (TPSA) is 24.5 Å². The normalized spacial score (nSPS) is 23.0. The first-order valence-corrected chi connectivity index (χ1v) is 5.57. The van der Waals surface area contributed by atoms with Crippen molar-refractivity contribution in [3.05, 3.63) is 18.2 Å². The van der Waals surface area contributed by atoms with Crippen LogP contribution in [0, 0.1) is 0 Å². The molecule has 1 N–H and O–H groups in total. The molecule has 0 saturated carbocycles. The van der Waals surface area contributed by atoms with Gasteiger partial charge < -0.3 is 15.0 Å². The Kier molecular flexibility index (Phi) is 1.97. The first kappa shape index (κ1) is 8.89. The van der Waals surface area contributed by atoms with Gasteiger partial charge >= 0.3 is 0 Å². The second kappa shape index (κ2) is 3.33. The lowest BCUT2D eigenvalue weighted by atomic mass is 10.1. The van der Waals surface area contributed by atoms with E-state index in [1.807, 2.05) is 6.07 Å². The number of hydrogen-bond acceptors (Lipinski definition) is 3. The molecule has 1 saturated heterocycles. The summed E-state index contributed by atoms with van der Waals surface area (Å²) in [7, 11) is 1.71. The third-order valence-corrected chi connectivity index (χ3v) is 3.42. The highest BCUT2D eigenvalue weighted by molar-refractivity contribution is 5.74. The highest BCUT2D eigenvalue weighted by atomic mass is 16.5. The van der Waals surface area contributed by atoms with Crippen molar-refractivity contribution in [1.29, 1.82) is 0 Å². The van der Waals surface area contributed by atoms with Crippen LogP contribution in [0.15, 0.2) is 18.2 Å². The number of fused-ring (bicyclic) bond motifs is 3. The van der Waals surface area contributed by atoms with E-state index >= 15 is 0 Å². The maximum Gasteiger partial charge on any atom is 0.121 e. The van der Waals surface area contributed by atoms with Gasteiger partial charge in [-0.25, -0.2) is 0 Å². The van der Waals surface area contributed by atoms with Crippen molar-refractivity contribution in [3.63, 3.8) is 0 Å². The molecular weight excluding hydrogens is 188 g/mol. The van der Waals surface area contributed by atoms with Gasteiger partial charge in [0.25, 0.3) is 0 Å². The molecule has 0 radical (unpaired) electrons. The molecule has 1 fully saturated rings. The van der Waals surface area contributed by atoms with Gasteiger partial charge in [0.2, 0.25) is 0 Å². The molecule has 3 rings (SSSR count). The Morgan fingerprint density at radius 3 is 3.27 bits per heavy atom. The summed E-state index contributed by atoms with van der Waals surface area (Å²) in [5, 5.41) is 3.49. The Balaban J connectivity index is 2.00. The Labute approximate surface area is 90.0 Å². The summed E-state index contributed by atoms with van der Waals surface area (Å²) in [4.78, 5) is 2.52. The van der Waals surface area contributed by atoms with Crippen molar-refractivity contribution in [1.82, 2.24) is 0 Å². The maximum absolute atomic E-state index is 5.23. The largest absolute Gasteiger partial charge is 0.497 e. The molecule has 2 aliphatic rings. The summed E-state index contributed by atoms with van der Waals surface area (Å²) < 4.78 is 5.23. The van der Waals surface area contributed by atoms with Gasteiger partial charge in [0.05, 0.1) is 18.5 Å². The third-order valence-electron chi connectivity index (χ3n) is 3.42. The second-order valence-electron chi connectivity index (χ2n) is 4.25. The molecule has 2 heterocycles. The van der Waals surface area contributed by atoms with Crippen LogP contribution in [0.25, 0.3) is 0 Å². The Morgan fingerprint density at radius 1 is 1.47 bits per heavy atom. The fourth-order valence-electron chi connectivity index (χ4n) is 2.63. The van der Waals surface area contributed by atoms with Crippen LogP contribution in [-0.2, 0) is 0 Å². The number of methoxy groups -OCH3 is 1. The minimum absolute atomic E-state index is 0.700. The van der Waals surface area contributed by atoms with Crippen LogP contribution in [0.5, 0.6) is 5.75 Å². The zero-order valence-electron chi connectivity index (χ0n) is 8.99. The molecule has 1 atom stereocenters. The van der Waals surface area contributed by atoms with Crippen LogP contribution in [0.3, 0.4) is 0 Å². The van der Waals surface area contributed by atoms with Gasteiger partial charge in [-0.15, -0.1) is 0 Å². The predicted octanol–water partition coefficient (Wildman–Crippen LogP) is 2.09. The molecule has 3 nitrogen and oxygen atoms in total. The van der Waals surface area contributed by atoms with Gasteiger partial charge in [0.1, 0.15) is 5.75 Å². The molecule has 15 heavy (non-hydrogen) atoms. The van der Waals surface area contributed by atoms with Crippen molar-refractivity contribution in [3.8, 4) is 5.75 Å². The van der Waals surface area contributed by atoms with Gasteiger partial charge in [-0.2, -0.15) is 0 Å². The first-order chi connectivity index (χ1) is 7.38. The quantitative estimate of drug-likeness (QED) is 0.758. The SMILES string of the molecule is COc1ccc2c(c1)NC[C@@H]1CCCN21. The lowest BCUT2D eigenvalue weighted by Gasteiger charge is -2.34. The second-order valence-corrected chi connectivity index (χ2v) is 4.25. The summed E-state index contributed by atoms with van der Waals surface area (Å²) in [5.74, 6) is 0.930. The summed E-state index contributed by atoms with van der Waals surface area (Å²) in [6.45, 7) is 2.27. The molecule has 3 heteroatoms. The molecule has 0 amide bonds. The molecule has 1 aromatic carbocycles. The fraction of sp³-hybridized carbons (Fsp3) is 0.500. The van der Waals surface area contributed by atoms with Crippen LogP contribution in [0.2, 0.25) is 0 Å². The molecular formula is C12H16N2O. The van der Waals surface area contributed by atoms with Gasteiger partial charge in [-0.05, 0) is 25.0 Å². The summed E-state index contributed by atoms with van der Waals surface area (Å²) in [5.41, 5.74) is 2.55. The number of nitrogens with zero attached hydrogens (tertiary/aromatic N) is 1. The van der Waals surface area contributed by atoms with Crippen LogP contribution in [0.4, 0.5) is 11.4 Å². The van der Waals surface area contributed by atoms with Crippen molar-refractivity contribution in [2.75, 3.05) is 30.4 Å². The van der Waals surface area contributed by atoms with E-state index in [9.17, 15) is 0 Å². The van der Waals surface area contributed by atoms with Gasteiger partial charge in [0, 0.05) is 25.2 Å². The van der Waals surface area contributed by atoms with Crippen molar-refractivity contribution >= 4 is 11.4 Å². The molecule has 0 aromatic heterocycles. The zero-order valence-corrected chi connectivity index (χ0v) is 8.99. The van der Waals surface area contributed by atoms with Gasteiger partial charge in [0.15, 0.2) is 0 Å². The number of benzene rings is 1. The van der Waals surface area contributed by atoms with Crippen molar-refractivity contribution < 1.29 is 4.74 Å². The predicted molar refractivity (Wildman–Crippen MR) is 61.9 cm³/mol. The number of rotatable bonds is 1. The van der Waals surface area contributed by atoms with E-state index in [4.69, 9.17) is 4.74 Å². The molecule has 0 spiro atoms. The molecule has 1 aromatic rings. The van der Waals surface area contributed by atoms with Crippen LogP contribution in [0.1, 0.15) is 12.8 Å². The number of hydrogen-bond donors (Lipinski definition) is 1.